The Morgan fingerprint density at radius 1 is 1.04 bits per heavy atom. The summed E-state index contributed by atoms with van der Waals surface area (Å²) in [4.78, 5) is 22.1. The highest BCUT2D eigenvalue weighted by molar-refractivity contribution is 6.30. The number of hydrogen-bond acceptors (Lipinski definition) is 7. The zero-order valence-electron chi connectivity index (χ0n) is 24.1. The highest BCUT2D eigenvalue weighted by atomic mass is 35.5. The van der Waals surface area contributed by atoms with Gasteiger partial charge >= 0.3 is 5.97 Å². The summed E-state index contributed by atoms with van der Waals surface area (Å²) in [5, 5.41) is 9.21. The number of pyridine rings is 1. The molecule has 2 aromatic heterocycles. The number of ether oxygens (including phenoxy) is 3. The van der Waals surface area contributed by atoms with Crippen LogP contribution in [0, 0.1) is 17.5 Å². The van der Waals surface area contributed by atoms with E-state index in [1.807, 2.05) is 4.57 Å². The average molecular weight is 643 g/mol. The molecule has 2 aliphatic heterocycles. The van der Waals surface area contributed by atoms with E-state index in [0.717, 1.165) is 18.6 Å². The molecule has 236 valence electrons. The fourth-order valence-corrected chi connectivity index (χ4v) is 5.55. The van der Waals surface area contributed by atoms with Crippen molar-refractivity contribution in [3.8, 4) is 11.6 Å². The second-order valence-electron chi connectivity index (χ2n) is 11.0. The number of hydrogen-bond donors (Lipinski definition) is 1. The van der Waals surface area contributed by atoms with Crippen LogP contribution in [0.4, 0.5) is 13.2 Å². The molecule has 1 atom stereocenters. The Bertz CT molecular complexity index is 1740. The summed E-state index contributed by atoms with van der Waals surface area (Å²) in [7, 11) is 0. The van der Waals surface area contributed by atoms with Crippen molar-refractivity contribution >= 4 is 34.7 Å². The lowest BCUT2D eigenvalue weighted by molar-refractivity contribution is -0.131. The van der Waals surface area contributed by atoms with Crippen LogP contribution in [0.15, 0.2) is 48.5 Å². The van der Waals surface area contributed by atoms with E-state index < -0.39 is 23.4 Å². The van der Waals surface area contributed by atoms with Crippen molar-refractivity contribution in [3.63, 3.8) is 0 Å². The Balaban J connectivity index is 1.10. The Labute approximate surface area is 261 Å². The number of aromatic nitrogens is 3. The molecule has 2 saturated heterocycles. The molecule has 6 rings (SSSR count). The molecular formula is C32H30ClF3N4O5. The predicted octanol–water partition coefficient (Wildman–Crippen LogP) is 6.01. The van der Waals surface area contributed by atoms with Crippen LogP contribution in [0.5, 0.6) is 11.6 Å². The molecule has 1 N–H and O–H groups in total. The molecule has 0 spiro atoms. The van der Waals surface area contributed by atoms with Gasteiger partial charge in [-0.2, -0.15) is 0 Å². The maximum atomic E-state index is 15.1. The summed E-state index contributed by atoms with van der Waals surface area (Å²) < 4.78 is 62.6. The van der Waals surface area contributed by atoms with Gasteiger partial charge in [-0.25, -0.2) is 27.9 Å². The van der Waals surface area contributed by atoms with Gasteiger partial charge in [0, 0.05) is 36.9 Å². The van der Waals surface area contributed by atoms with Crippen LogP contribution in [0.3, 0.4) is 0 Å². The van der Waals surface area contributed by atoms with Gasteiger partial charge in [-0.05, 0) is 67.3 Å². The first-order valence-electron chi connectivity index (χ1n) is 14.6. The maximum Gasteiger partial charge on any atom is 0.328 e. The van der Waals surface area contributed by atoms with E-state index in [1.165, 1.54) is 36.4 Å². The third kappa shape index (κ3) is 7.41. The fraction of sp³-hybridized carbons (Fsp3) is 0.344. The number of benzene rings is 2. The van der Waals surface area contributed by atoms with Crippen LogP contribution < -0.4 is 9.47 Å². The molecule has 0 aliphatic carbocycles. The predicted molar refractivity (Wildman–Crippen MR) is 160 cm³/mol. The van der Waals surface area contributed by atoms with E-state index in [1.54, 1.807) is 6.07 Å². The van der Waals surface area contributed by atoms with Gasteiger partial charge in [0.15, 0.2) is 17.4 Å². The summed E-state index contributed by atoms with van der Waals surface area (Å²) in [6.07, 6.45) is 4.42. The lowest BCUT2D eigenvalue weighted by Gasteiger charge is -2.32. The fourth-order valence-electron chi connectivity index (χ4n) is 5.40. The summed E-state index contributed by atoms with van der Waals surface area (Å²) >= 11 is 5.77. The number of carboxylic acid groups (broad SMARTS) is 1. The molecule has 0 amide bonds. The minimum Gasteiger partial charge on any atom is -0.484 e. The van der Waals surface area contributed by atoms with Crippen LogP contribution in [0.25, 0.3) is 17.1 Å². The molecule has 9 nitrogen and oxygen atoms in total. The Morgan fingerprint density at radius 2 is 1.84 bits per heavy atom. The van der Waals surface area contributed by atoms with E-state index in [9.17, 15) is 13.6 Å². The summed E-state index contributed by atoms with van der Waals surface area (Å²) in [5.41, 5.74) is 1.24. The number of fused-ring (bicyclic) bond motifs is 1. The van der Waals surface area contributed by atoms with Gasteiger partial charge in [-0.1, -0.05) is 11.6 Å². The number of imidazole rings is 1. The van der Waals surface area contributed by atoms with Gasteiger partial charge in [0.05, 0.1) is 24.7 Å². The van der Waals surface area contributed by atoms with Crippen molar-refractivity contribution in [2.75, 3.05) is 19.7 Å². The third-order valence-corrected chi connectivity index (χ3v) is 8.08. The van der Waals surface area contributed by atoms with Gasteiger partial charge < -0.3 is 23.9 Å². The lowest BCUT2D eigenvalue weighted by Crippen LogP contribution is -2.39. The van der Waals surface area contributed by atoms with Crippen molar-refractivity contribution in [2.45, 2.75) is 51.2 Å². The Morgan fingerprint density at radius 3 is 2.56 bits per heavy atom. The first-order chi connectivity index (χ1) is 21.7. The zero-order chi connectivity index (χ0) is 31.5. The molecule has 2 aliphatic rings. The standard InChI is InChI=1S/C32H30ClF3N4O5/c33-20-2-4-28(24(35)15-20)44-18-26-23(34)3-5-30(37-26)45-21-7-10-39(11-8-21)17-29-38-32-25(36)13-19(1-6-31(41)42)14-27(32)40(29)16-22-9-12-43-22/h1-6,13-15,21-22H,7-12,16-18H2,(H,41,42)/b6-1+/t22-/m0/s1. The molecule has 2 aromatic carbocycles. The van der Waals surface area contributed by atoms with E-state index in [4.69, 9.17) is 30.9 Å². The van der Waals surface area contributed by atoms with Gasteiger partial charge in [-0.15, -0.1) is 0 Å². The molecule has 2 fully saturated rings. The number of likely N-dealkylation sites (tertiary alicyclic amines) is 1. The lowest BCUT2D eigenvalue weighted by atomic mass is 10.1. The summed E-state index contributed by atoms with van der Waals surface area (Å²) in [5.74, 6) is -2.01. The van der Waals surface area contributed by atoms with Crippen LogP contribution in [0.2, 0.25) is 5.02 Å². The molecule has 13 heteroatoms. The highest BCUT2D eigenvalue weighted by Gasteiger charge is 2.26. The number of piperidine rings is 1. The zero-order valence-corrected chi connectivity index (χ0v) is 24.9. The molecular weight excluding hydrogens is 613 g/mol. The first-order valence-corrected chi connectivity index (χ1v) is 14.9. The number of carboxylic acids is 1. The maximum absolute atomic E-state index is 15.1. The smallest absolute Gasteiger partial charge is 0.328 e. The Kier molecular flexibility index (Phi) is 9.24. The number of halogens is 4. The van der Waals surface area contributed by atoms with Gasteiger partial charge in [0.25, 0.3) is 0 Å². The number of carbonyl (C=O) groups is 1. The van der Waals surface area contributed by atoms with Gasteiger partial charge in [0.2, 0.25) is 5.88 Å². The number of rotatable bonds is 11. The minimum absolute atomic E-state index is 0.00489. The monoisotopic (exact) mass is 642 g/mol. The van der Waals surface area contributed by atoms with Crippen molar-refractivity contribution in [1.29, 1.82) is 0 Å². The molecule has 0 radical (unpaired) electrons. The largest absolute Gasteiger partial charge is 0.484 e. The molecule has 0 unspecified atom stereocenters. The minimum atomic E-state index is -1.12. The van der Waals surface area contributed by atoms with Crippen molar-refractivity contribution in [1.82, 2.24) is 19.4 Å². The molecule has 0 saturated carbocycles. The van der Waals surface area contributed by atoms with E-state index in [2.05, 4.69) is 14.9 Å². The van der Waals surface area contributed by atoms with E-state index in [-0.39, 0.29) is 46.7 Å². The quantitative estimate of drug-likeness (QED) is 0.199. The third-order valence-electron chi connectivity index (χ3n) is 7.85. The van der Waals surface area contributed by atoms with E-state index in [0.29, 0.717) is 62.5 Å². The van der Waals surface area contributed by atoms with Crippen LogP contribution in [-0.4, -0.2) is 62.4 Å². The highest BCUT2D eigenvalue weighted by Crippen LogP contribution is 2.28. The van der Waals surface area contributed by atoms with Crippen molar-refractivity contribution < 1.29 is 37.3 Å². The topological polar surface area (TPSA) is 98.9 Å². The number of nitrogens with zero attached hydrogens (tertiary/aromatic N) is 4. The van der Waals surface area contributed by atoms with Gasteiger partial charge in [-0.3, -0.25) is 4.90 Å². The molecule has 4 aromatic rings. The molecule has 4 heterocycles. The Hall–Kier alpha value is -4.13. The van der Waals surface area contributed by atoms with E-state index >= 15 is 4.39 Å². The summed E-state index contributed by atoms with van der Waals surface area (Å²) in [6, 6.07) is 9.68. The van der Waals surface area contributed by atoms with Crippen LogP contribution in [-0.2, 0) is 29.2 Å². The van der Waals surface area contributed by atoms with Crippen molar-refractivity contribution in [3.05, 3.63) is 88.1 Å². The van der Waals surface area contributed by atoms with Gasteiger partial charge in [0.1, 0.15) is 35.6 Å². The van der Waals surface area contributed by atoms with Crippen LogP contribution in [0.1, 0.15) is 36.3 Å². The first kappa shape index (κ1) is 30.9. The van der Waals surface area contributed by atoms with Crippen LogP contribution >= 0.6 is 11.6 Å². The van der Waals surface area contributed by atoms with Crippen molar-refractivity contribution in [2.24, 2.45) is 0 Å². The number of aliphatic carboxylic acids is 1. The summed E-state index contributed by atoms with van der Waals surface area (Å²) in [6.45, 7) is 2.74. The SMILES string of the molecule is O=C(O)/C=C/c1cc(F)c2nc(CN3CCC(Oc4ccc(F)c(COc5ccc(Cl)cc5F)n4)CC3)n(C[C@@H]3CCO3)c2c1. The second-order valence-corrected chi connectivity index (χ2v) is 11.4. The normalized spacial score (nSPS) is 17.6. The average Bonchev–Trinajstić information content (AvgIpc) is 3.33. The second kappa shape index (κ2) is 13.5. The molecule has 45 heavy (non-hydrogen) atoms. The molecule has 0 bridgehead atoms.